The first kappa shape index (κ1) is 18.9. The smallest absolute Gasteiger partial charge is 0.255 e. The molecule has 1 aliphatic rings. The minimum Gasteiger partial charge on any atom is -0.454 e. The zero-order valence-electron chi connectivity index (χ0n) is 17.2. The Labute approximate surface area is 187 Å². The van der Waals surface area contributed by atoms with E-state index in [9.17, 15) is 4.79 Å². The summed E-state index contributed by atoms with van der Waals surface area (Å²) in [7, 11) is 0. The van der Waals surface area contributed by atoms with Crippen LogP contribution in [0.1, 0.15) is 10.4 Å². The minimum absolute atomic E-state index is 0.167. The molecule has 0 aliphatic carbocycles. The second kappa shape index (κ2) is 7.72. The van der Waals surface area contributed by atoms with Crippen molar-refractivity contribution in [2.75, 3.05) is 12.1 Å². The van der Waals surface area contributed by atoms with E-state index in [-0.39, 0.29) is 12.7 Å². The number of carbonyl (C=O) groups is 1. The molecule has 1 amide bonds. The summed E-state index contributed by atoms with van der Waals surface area (Å²) in [5.41, 5.74) is 4.28. The molecule has 0 radical (unpaired) electrons. The van der Waals surface area contributed by atoms with E-state index in [1.165, 1.54) is 0 Å². The topological polar surface area (TPSA) is 104 Å². The molecule has 1 aliphatic heterocycles. The summed E-state index contributed by atoms with van der Waals surface area (Å²) in [5.74, 6) is 1.60. The van der Waals surface area contributed by atoms with Gasteiger partial charge in [-0.15, -0.1) is 10.2 Å². The van der Waals surface area contributed by atoms with E-state index >= 15 is 0 Å². The molecule has 33 heavy (non-hydrogen) atoms. The highest BCUT2D eigenvalue weighted by molar-refractivity contribution is 6.04. The van der Waals surface area contributed by atoms with Gasteiger partial charge in [-0.05, 0) is 54.6 Å². The van der Waals surface area contributed by atoms with Crippen molar-refractivity contribution in [1.82, 2.24) is 24.8 Å². The predicted octanol–water partition coefficient (Wildman–Crippen LogP) is 3.83. The number of hydrogen-bond acceptors (Lipinski definition) is 7. The molecule has 4 heterocycles. The van der Waals surface area contributed by atoms with E-state index < -0.39 is 0 Å². The third-order valence-electron chi connectivity index (χ3n) is 5.26. The van der Waals surface area contributed by atoms with Gasteiger partial charge < -0.3 is 14.8 Å². The molecule has 9 nitrogen and oxygen atoms in total. The number of nitrogens with zero attached hydrogens (tertiary/aromatic N) is 5. The number of pyridine rings is 1. The standard InChI is InChI=1S/C24H16N6O3/c31-24(16-5-9-20-21(12-16)33-14-32-20)26-18-6-3-15(4-7-18)19-8-10-22-27-28-23(30(22)29-19)17-2-1-11-25-13-17/h1-13H,14H2,(H,26,31). The highest BCUT2D eigenvalue weighted by Crippen LogP contribution is 2.32. The van der Waals surface area contributed by atoms with Crippen LogP contribution in [0.3, 0.4) is 0 Å². The maximum absolute atomic E-state index is 12.6. The van der Waals surface area contributed by atoms with Crippen molar-refractivity contribution < 1.29 is 14.3 Å². The Kier molecular flexibility index (Phi) is 4.43. The van der Waals surface area contributed by atoms with E-state index in [0.717, 1.165) is 16.8 Å². The number of anilines is 1. The molecule has 0 spiro atoms. The Hall–Kier alpha value is -4.79. The molecular formula is C24H16N6O3. The summed E-state index contributed by atoms with van der Waals surface area (Å²) in [4.78, 5) is 16.8. The van der Waals surface area contributed by atoms with Crippen molar-refractivity contribution >= 4 is 17.2 Å². The fourth-order valence-corrected chi connectivity index (χ4v) is 3.58. The zero-order valence-corrected chi connectivity index (χ0v) is 17.2. The first-order valence-electron chi connectivity index (χ1n) is 10.2. The summed E-state index contributed by atoms with van der Waals surface area (Å²) in [6.45, 7) is 0.167. The van der Waals surface area contributed by atoms with Gasteiger partial charge in [0.05, 0.1) is 5.69 Å². The average Bonchev–Trinajstić information content (AvgIpc) is 3.51. The molecule has 9 heteroatoms. The van der Waals surface area contributed by atoms with Crippen LogP contribution in [0.4, 0.5) is 5.69 Å². The second-order valence-electron chi connectivity index (χ2n) is 7.35. The fraction of sp³-hybridized carbons (Fsp3) is 0.0417. The molecule has 2 aromatic carbocycles. The molecule has 1 N–H and O–H groups in total. The SMILES string of the molecule is O=C(Nc1ccc(-c2ccc3nnc(-c4cccnc4)n3n2)cc1)c1ccc2c(c1)OCO2. The molecule has 0 saturated heterocycles. The van der Waals surface area contributed by atoms with Crippen LogP contribution in [0, 0.1) is 0 Å². The quantitative estimate of drug-likeness (QED) is 0.457. The predicted molar refractivity (Wildman–Crippen MR) is 120 cm³/mol. The van der Waals surface area contributed by atoms with Crippen LogP contribution < -0.4 is 14.8 Å². The lowest BCUT2D eigenvalue weighted by atomic mass is 10.1. The Morgan fingerprint density at radius 1 is 0.909 bits per heavy atom. The van der Waals surface area contributed by atoms with Crippen LogP contribution in [-0.4, -0.2) is 37.5 Å². The van der Waals surface area contributed by atoms with Crippen LogP contribution in [0.5, 0.6) is 11.5 Å². The van der Waals surface area contributed by atoms with Crippen LogP contribution >= 0.6 is 0 Å². The average molecular weight is 436 g/mol. The van der Waals surface area contributed by atoms with Crippen molar-refractivity contribution in [3.05, 3.63) is 84.7 Å². The Bertz CT molecular complexity index is 1480. The van der Waals surface area contributed by atoms with Gasteiger partial charge in [0.15, 0.2) is 23.0 Å². The zero-order chi connectivity index (χ0) is 22.2. The van der Waals surface area contributed by atoms with E-state index in [2.05, 4.69) is 20.5 Å². The van der Waals surface area contributed by atoms with Gasteiger partial charge in [-0.2, -0.15) is 9.61 Å². The van der Waals surface area contributed by atoms with Crippen LogP contribution in [0.2, 0.25) is 0 Å². The van der Waals surface area contributed by atoms with Crippen LogP contribution in [0.15, 0.2) is 79.1 Å². The van der Waals surface area contributed by atoms with Gasteiger partial charge in [0.2, 0.25) is 6.79 Å². The molecule has 6 rings (SSSR count). The maximum atomic E-state index is 12.6. The number of ether oxygens (including phenoxy) is 2. The molecule has 0 unspecified atom stereocenters. The summed E-state index contributed by atoms with van der Waals surface area (Å²) >= 11 is 0. The van der Waals surface area contributed by atoms with Crippen molar-refractivity contribution in [3.63, 3.8) is 0 Å². The molecule has 0 atom stereocenters. The van der Waals surface area contributed by atoms with Gasteiger partial charge in [-0.1, -0.05) is 12.1 Å². The molecule has 3 aromatic heterocycles. The van der Waals surface area contributed by atoms with E-state index in [1.54, 1.807) is 35.1 Å². The van der Waals surface area contributed by atoms with Gasteiger partial charge in [0.1, 0.15) is 0 Å². The monoisotopic (exact) mass is 436 g/mol. The van der Waals surface area contributed by atoms with Gasteiger partial charge in [-0.25, -0.2) is 0 Å². The molecular weight excluding hydrogens is 420 g/mol. The molecule has 5 aromatic rings. The van der Waals surface area contributed by atoms with Crippen molar-refractivity contribution in [2.24, 2.45) is 0 Å². The Balaban J connectivity index is 1.24. The normalized spacial score (nSPS) is 12.1. The number of benzene rings is 2. The lowest BCUT2D eigenvalue weighted by Gasteiger charge is -2.08. The highest BCUT2D eigenvalue weighted by atomic mass is 16.7. The number of carbonyl (C=O) groups excluding carboxylic acids is 1. The summed E-state index contributed by atoms with van der Waals surface area (Å²) < 4.78 is 12.3. The number of rotatable bonds is 4. The third-order valence-corrected chi connectivity index (χ3v) is 5.26. The van der Waals surface area contributed by atoms with E-state index in [4.69, 9.17) is 14.6 Å². The number of fused-ring (bicyclic) bond motifs is 2. The molecule has 160 valence electrons. The highest BCUT2D eigenvalue weighted by Gasteiger charge is 2.16. The van der Waals surface area contributed by atoms with Crippen LogP contribution in [-0.2, 0) is 0 Å². The Morgan fingerprint density at radius 3 is 2.64 bits per heavy atom. The first-order chi connectivity index (χ1) is 16.2. The van der Waals surface area contributed by atoms with E-state index in [1.807, 2.05) is 48.5 Å². The lowest BCUT2D eigenvalue weighted by Crippen LogP contribution is -2.11. The van der Waals surface area contributed by atoms with Gasteiger partial charge in [-0.3, -0.25) is 9.78 Å². The summed E-state index contributed by atoms with van der Waals surface area (Å²) in [6.07, 6.45) is 3.43. The summed E-state index contributed by atoms with van der Waals surface area (Å²) in [6, 6.07) is 20.1. The maximum Gasteiger partial charge on any atom is 0.255 e. The fourth-order valence-electron chi connectivity index (χ4n) is 3.58. The molecule has 0 fully saturated rings. The molecule has 0 saturated carbocycles. The second-order valence-corrected chi connectivity index (χ2v) is 7.35. The number of nitrogens with one attached hydrogen (secondary N) is 1. The van der Waals surface area contributed by atoms with Crippen LogP contribution in [0.25, 0.3) is 28.3 Å². The van der Waals surface area contributed by atoms with Gasteiger partial charge >= 0.3 is 0 Å². The number of hydrogen-bond donors (Lipinski definition) is 1. The minimum atomic E-state index is -0.230. The summed E-state index contributed by atoms with van der Waals surface area (Å²) in [5, 5.41) is 16.0. The number of amides is 1. The molecule has 0 bridgehead atoms. The van der Waals surface area contributed by atoms with Crippen molar-refractivity contribution in [2.45, 2.75) is 0 Å². The van der Waals surface area contributed by atoms with Gasteiger partial charge in [0, 0.05) is 34.8 Å². The first-order valence-corrected chi connectivity index (χ1v) is 10.2. The Morgan fingerprint density at radius 2 is 1.79 bits per heavy atom. The number of aromatic nitrogens is 5. The third kappa shape index (κ3) is 3.51. The van der Waals surface area contributed by atoms with E-state index in [0.29, 0.717) is 34.2 Å². The van der Waals surface area contributed by atoms with Crippen molar-refractivity contribution in [3.8, 4) is 34.1 Å². The van der Waals surface area contributed by atoms with Crippen molar-refractivity contribution in [1.29, 1.82) is 0 Å². The largest absolute Gasteiger partial charge is 0.454 e. The lowest BCUT2D eigenvalue weighted by molar-refractivity contribution is 0.102. The van der Waals surface area contributed by atoms with Gasteiger partial charge in [0.25, 0.3) is 5.91 Å².